The van der Waals surface area contributed by atoms with Crippen LogP contribution >= 0.6 is 0 Å². The van der Waals surface area contributed by atoms with Crippen molar-refractivity contribution in [2.45, 2.75) is 30.3 Å². The molecular weight excluding hydrogens is 290 g/mol. The van der Waals surface area contributed by atoms with E-state index in [1.165, 1.54) is 6.26 Å². The van der Waals surface area contributed by atoms with Gasteiger partial charge < -0.3 is 9.32 Å². The molecule has 1 amide bonds. The molecule has 1 aliphatic heterocycles. The summed E-state index contributed by atoms with van der Waals surface area (Å²) in [5, 5.41) is -0.453. The van der Waals surface area contributed by atoms with Gasteiger partial charge in [0.1, 0.15) is 11.5 Å². The quantitative estimate of drug-likeness (QED) is 0.795. The van der Waals surface area contributed by atoms with Crippen LogP contribution in [0.1, 0.15) is 25.0 Å². The Labute approximate surface area is 124 Å². The average molecular weight is 309 g/mol. The molecule has 0 N–H and O–H groups in total. The molecule has 0 bridgehead atoms. The van der Waals surface area contributed by atoms with E-state index < -0.39 is 15.1 Å². The van der Waals surface area contributed by atoms with Gasteiger partial charge in [-0.25, -0.2) is 8.42 Å². The Hall–Kier alpha value is -1.56. The molecule has 0 saturated carbocycles. The van der Waals surface area contributed by atoms with Gasteiger partial charge in [0.05, 0.1) is 11.5 Å². The van der Waals surface area contributed by atoms with Crippen molar-refractivity contribution in [3.05, 3.63) is 36.3 Å². The second-order valence-electron chi connectivity index (χ2n) is 5.73. The smallest absolute Gasteiger partial charge is 0.226 e. The van der Waals surface area contributed by atoms with E-state index in [2.05, 4.69) is 6.08 Å². The molecule has 6 heteroatoms. The van der Waals surface area contributed by atoms with E-state index in [1.807, 2.05) is 6.08 Å². The summed E-state index contributed by atoms with van der Waals surface area (Å²) in [4.78, 5) is 13.9. The number of likely N-dealkylation sites (tertiary alicyclic amines) is 1. The maximum atomic E-state index is 12.2. The van der Waals surface area contributed by atoms with Crippen LogP contribution in [0.5, 0.6) is 0 Å². The van der Waals surface area contributed by atoms with Gasteiger partial charge in [0.15, 0.2) is 9.84 Å². The standard InChI is InChI=1S/C15H19NO4S/c17-15(12-5-2-1-3-6-12)16-9-14(10-16)21(18,19)11-13-7-4-8-20-13/h1-2,4,7-8,12,14H,3,5-6,9-11H2/t12-/m0/s1. The minimum Gasteiger partial charge on any atom is -0.468 e. The first-order valence-electron chi connectivity index (χ1n) is 7.24. The molecule has 0 radical (unpaired) electrons. The Morgan fingerprint density at radius 1 is 1.33 bits per heavy atom. The maximum absolute atomic E-state index is 12.2. The number of furan rings is 1. The number of nitrogens with zero attached hydrogens (tertiary/aromatic N) is 1. The highest BCUT2D eigenvalue weighted by molar-refractivity contribution is 7.91. The van der Waals surface area contributed by atoms with Crippen molar-refractivity contribution in [3.8, 4) is 0 Å². The molecule has 2 heterocycles. The van der Waals surface area contributed by atoms with Gasteiger partial charge in [-0.3, -0.25) is 4.79 Å². The van der Waals surface area contributed by atoms with Crippen LogP contribution in [0.3, 0.4) is 0 Å². The monoisotopic (exact) mass is 309 g/mol. The Bertz CT molecular complexity index is 627. The van der Waals surface area contributed by atoms with Crippen LogP contribution in [0, 0.1) is 5.92 Å². The summed E-state index contributed by atoms with van der Waals surface area (Å²) < 4.78 is 29.5. The highest BCUT2D eigenvalue weighted by atomic mass is 32.2. The molecule has 0 unspecified atom stereocenters. The molecule has 0 spiro atoms. The molecule has 0 aromatic carbocycles. The SMILES string of the molecule is O=C([C@H]1CC=CCC1)N1CC(S(=O)(=O)Cc2ccco2)C1. The minimum absolute atomic E-state index is 0.0312. The first kappa shape index (κ1) is 14.4. The highest BCUT2D eigenvalue weighted by Crippen LogP contribution is 2.26. The lowest BCUT2D eigenvalue weighted by Crippen LogP contribution is -2.58. The van der Waals surface area contributed by atoms with Crippen molar-refractivity contribution in [1.29, 1.82) is 0 Å². The summed E-state index contributed by atoms with van der Waals surface area (Å²) in [6.07, 6.45) is 8.19. The molecule has 1 aromatic rings. The minimum atomic E-state index is -3.25. The number of hydrogen-bond donors (Lipinski definition) is 0. The molecule has 1 saturated heterocycles. The Balaban J connectivity index is 1.55. The second-order valence-corrected chi connectivity index (χ2v) is 8.01. The summed E-state index contributed by atoms with van der Waals surface area (Å²) in [5.74, 6) is 0.503. The lowest BCUT2D eigenvalue weighted by atomic mass is 9.92. The summed E-state index contributed by atoms with van der Waals surface area (Å²) in [7, 11) is -3.25. The molecule has 1 fully saturated rings. The third-order valence-electron chi connectivity index (χ3n) is 4.21. The van der Waals surface area contributed by atoms with Gasteiger partial charge in [-0.1, -0.05) is 12.2 Å². The zero-order chi connectivity index (χ0) is 14.9. The highest BCUT2D eigenvalue weighted by Gasteiger charge is 2.41. The lowest BCUT2D eigenvalue weighted by Gasteiger charge is -2.40. The normalized spacial score (nSPS) is 23.0. The molecule has 5 nitrogen and oxygen atoms in total. The first-order valence-corrected chi connectivity index (χ1v) is 8.95. The van der Waals surface area contributed by atoms with Crippen LogP contribution in [-0.2, 0) is 20.4 Å². The van der Waals surface area contributed by atoms with Crippen LogP contribution < -0.4 is 0 Å². The summed E-state index contributed by atoms with van der Waals surface area (Å²) in [5.41, 5.74) is 0. The van der Waals surface area contributed by atoms with Gasteiger partial charge in [0.25, 0.3) is 0 Å². The number of allylic oxidation sites excluding steroid dienone is 2. The molecule has 1 atom stereocenters. The molecule has 1 aromatic heterocycles. The number of rotatable bonds is 4. The number of sulfone groups is 1. The molecular formula is C15H19NO4S. The van der Waals surface area contributed by atoms with Crippen LogP contribution in [0.15, 0.2) is 35.0 Å². The zero-order valence-corrected chi connectivity index (χ0v) is 12.6. The van der Waals surface area contributed by atoms with Gasteiger partial charge in [0, 0.05) is 19.0 Å². The molecule has 2 aliphatic rings. The van der Waals surface area contributed by atoms with Crippen LogP contribution in [-0.4, -0.2) is 37.6 Å². The summed E-state index contributed by atoms with van der Waals surface area (Å²) >= 11 is 0. The molecule has 3 rings (SSSR count). The Kier molecular flexibility index (Phi) is 3.89. The fraction of sp³-hybridized carbons (Fsp3) is 0.533. The Morgan fingerprint density at radius 3 is 2.76 bits per heavy atom. The largest absolute Gasteiger partial charge is 0.468 e. The van der Waals surface area contributed by atoms with Crippen molar-refractivity contribution in [2.24, 2.45) is 5.92 Å². The fourth-order valence-electron chi connectivity index (χ4n) is 2.83. The van der Waals surface area contributed by atoms with Gasteiger partial charge in [-0.2, -0.15) is 0 Å². The van der Waals surface area contributed by atoms with Gasteiger partial charge in [-0.15, -0.1) is 0 Å². The van der Waals surface area contributed by atoms with E-state index in [4.69, 9.17) is 4.42 Å². The van der Waals surface area contributed by atoms with Crippen LogP contribution in [0.25, 0.3) is 0 Å². The average Bonchev–Trinajstić information content (AvgIpc) is 2.89. The molecule has 21 heavy (non-hydrogen) atoms. The van der Waals surface area contributed by atoms with Gasteiger partial charge in [0.2, 0.25) is 5.91 Å². The topological polar surface area (TPSA) is 67.6 Å². The second kappa shape index (κ2) is 5.67. The van der Waals surface area contributed by atoms with E-state index in [1.54, 1.807) is 17.0 Å². The van der Waals surface area contributed by atoms with E-state index in [9.17, 15) is 13.2 Å². The molecule has 1 aliphatic carbocycles. The van der Waals surface area contributed by atoms with Gasteiger partial charge >= 0.3 is 0 Å². The molecule has 114 valence electrons. The van der Waals surface area contributed by atoms with Crippen LogP contribution in [0.4, 0.5) is 0 Å². The third-order valence-corrected chi connectivity index (χ3v) is 6.21. The number of amides is 1. The first-order chi connectivity index (χ1) is 10.1. The lowest BCUT2D eigenvalue weighted by molar-refractivity contribution is -0.139. The van der Waals surface area contributed by atoms with Crippen LogP contribution in [0.2, 0.25) is 0 Å². The van der Waals surface area contributed by atoms with E-state index in [0.717, 1.165) is 19.3 Å². The summed E-state index contributed by atoms with van der Waals surface area (Å²) in [6, 6.07) is 3.34. The number of carbonyl (C=O) groups is 1. The van der Waals surface area contributed by atoms with Crippen molar-refractivity contribution >= 4 is 15.7 Å². The van der Waals surface area contributed by atoms with E-state index in [0.29, 0.717) is 18.8 Å². The van der Waals surface area contributed by atoms with E-state index in [-0.39, 0.29) is 17.6 Å². The Morgan fingerprint density at radius 2 is 2.14 bits per heavy atom. The van der Waals surface area contributed by atoms with Crippen molar-refractivity contribution < 1.29 is 17.6 Å². The van der Waals surface area contributed by atoms with Crippen molar-refractivity contribution in [2.75, 3.05) is 13.1 Å². The predicted molar refractivity (Wildman–Crippen MR) is 78.2 cm³/mol. The zero-order valence-electron chi connectivity index (χ0n) is 11.8. The van der Waals surface area contributed by atoms with Crippen molar-refractivity contribution in [1.82, 2.24) is 4.90 Å². The maximum Gasteiger partial charge on any atom is 0.226 e. The number of carbonyl (C=O) groups excluding carboxylic acids is 1. The van der Waals surface area contributed by atoms with Crippen molar-refractivity contribution in [3.63, 3.8) is 0 Å². The predicted octanol–water partition coefficient (Wildman–Crippen LogP) is 1.76. The summed E-state index contributed by atoms with van der Waals surface area (Å²) in [6.45, 7) is 0.643. The van der Waals surface area contributed by atoms with Gasteiger partial charge in [-0.05, 0) is 31.4 Å². The third kappa shape index (κ3) is 3.05. The number of hydrogen-bond acceptors (Lipinski definition) is 4. The fourth-order valence-corrected chi connectivity index (χ4v) is 4.44. The van der Waals surface area contributed by atoms with E-state index >= 15 is 0 Å².